The van der Waals surface area contributed by atoms with Gasteiger partial charge in [-0.1, -0.05) is 60.7 Å². The van der Waals surface area contributed by atoms with E-state index in [4.69, 9.17) is 4.74 Å². The minimum absolute atomic E-state index is 0.00484. The van der Waals surface area contributed by atoms with E-state index < -0.39 is 21.8 Å². The number of aromatic nitrogens is 2. The maximum absolute atomic E-state index is 12.3. The predicted molar refractivity (Wildman–Crippen MR) is 171 cm³/mol. The van der Waals surface area contributed by atoms with E-state index in [2.05, 4.69) is 0 Å². The zero-order valence-electron chi connectivity index (χ0n) is 24.6. The number of nitro groups is 2. The van der Waals surface area contributed by atoms with Crippen molar-refractivity contribution in [3.8, 4) is 0 Å². The number of fused-ring (bicyclic) bond motifs is 2. The van der Waals surface area contributed by atoms with Crippen LogP contribution in [0.2, 0.25) is 0 Å². The van der Waals surface area contributed by atoms with Crippen molar-refractivity contribution in [3.05, 3.63) is 152 Å². The molecule has 46 heavy (non-hydrogen) atoms. The number of esters is 1. The van der Waals surface area contributed by atoms with E-state index in [1.807, 2.05) is 65.2 Å². The number of rotatable bonds is 9. The number of hydrogen-bond acceptors (Lipinski definition) is 7. The smallest absolute Gasteiger partial charge is 0.354 e. The molecular weight excluding hydrogens is 592 g/mol. The van der Waals surface area contributed by atoms with Crippen molar-refractivity contribution in [2.45, 2.75) is 20.0 Å². The van der Waals surface area contributed by atoms with Gasteiger partial charge in [-0.25, -0.2) is 9.59 Å². The normalized spacial score (nSPS) is 10.7. The Kier molecular flexibility index (Phi) is 9.18. The molecule has 12 nitrogen and oxygen atoms in total. The number of hydrogen-bond donors (Lipinski definition) is 1. The fraction of sp³-hybridized carbons (Fsp3) is 0.118. The highest BCUT2D eigenvalue weighted by molar-refractivity contribution is 5.97. The summed E-state index contributed by atoms with van der Waals surface area (Å²) >= 11 is 0. The molecular formula is C34H28N4O8. The number of ether oxygens (including phenoxy) is 1. The van der Waals surface area contributed by atoms with Crippen molar-refractivity contribution in [1.82, 2.24) is 9.13 Å². The molecule has 0 unspecified atom stereocenters. The van der Waals surface area contributed by atoms with Gasteiger partial charge in [-0.3, -0.25) is 20.2 Å². The molecule has 4 aromatic carbocycles. The van der Waals surface area contributed by atoms with Crippen LogP contribution >= 0.6 is 0 Å². The third-order valence-corrected chi connectivity index (χ3v) is 7.26. The summed E-state index contributed by atoms with van der Waals surface area (Å²) in [6.45, 7) is 2.89. The van der Waals surface area contributed by atoms with Crippen LogP contribution in [0.15, 0.2) is 109 Å². The Hall–Kier alpha value is -6.30. The Morgan fingerprint density at radius 2 is 1.11 bits per heavy atom. The Morgan fingerprint density at radius 1 is 0.674 bits per heavy atom. The number of carboxylic acid groups (broad SMARTS) is 1. The summed E-state index contributed by atoms with van der Waals surface area (Å²) < 4.78 is 8.60. The highest BCUT2D eigenvalue weighted by Gasteiger charge is 2.19. The SMILES string of the molecule is CCOC(=O)c1cc2cc([N+](=O)[O-])ccc2n1Cc1ccccc1.O=C(O)c1cc2cc([N+](=O)[O-])ccc2n1Cc1ccccc1. The maximum atomic E-state index is 12.3. The second-order valence-corrected chi connectivity index (χ2v) is 10.2. The molecule has 0 aliphatic carbocycles. The lowest BCUT2D eigenvalue weighted by molar-refractivity contribution is -0.384. The molecule has 12 heteroatoms. The second-order valence-electron chi connectivity index (χ2n) is 10.2. The van der Waals surface area contributed by atoms with Crippen LogP contribution in [0, 0.1) is 20.2 Å². The van der Waals surface area contributed by atoms with Gasteiger partial charge in [-0.2, -0.15) is 0 Å². The number of aromatic carboxylic acids is 1. The summed E-state index contributed by atoms with van der Waals surface area (Å²) in [4.78, 5) is 44.6. The first kappa shape index (κ1) is 31.1. The van der Waals surface area contributed by atoms with Crippen molar-refractivity contribution in [2.24, 2.45) is 0 Å². The van der Waals surface area contributed by atoms with Crippen LogP contribution in [0.5, 0.6) is 0 Å². The van der Waals surface area contributed by atoms with E-state index in [1.54, 1.807) is 29.7 Å². The van der Waals surface area contributed by atoms with E-state index in [0.29, 0.717) is 35.1 Å². The quantitative estimate of drug-likeness (QED) is 0.102. The lowest BCUT2D eigenvalue weighted by atomic mass is 10.2. The van der Waals surface area contributed by atoms with Gasteiger partial charge in [-0.15, -0.1) is 0 Å². The number of carbonyl (C=O) groups excluding carboxylic acids is 1. The van der Waals surface area contributed by atoms with Gasteiger partial charge in [0.1, 0.15) is 11.4 Å². The summed E-state index contributed by atoms with van der Waals surface area (Å²) in [6.07, 6.45) is 0. The van der Waals surface area contributed by atoms with E-state index in [0.717, 1.165) is 16.6 Å². The minimum atomic E-state index is -1.06. The van der Waals surface area contributed by atoms with Crippen LogP contribution in [-0.4, -0.2) is 42.6 Å². The van der Waals surface area contributed by atoms with E-state index in [9.17, 15) is 34.9 Å². The molecule has 6 aromatic rings. The summed E-state index contributed by atoms with van der Waals surface area (Å²) in [5.74, 6) is -1.50. The van der Waals surface area contributed by atoms with Crippen molar-refractivity contribution in [3.63, 3.8) is 0 Å². The van der Waals surface area contributed by atoms with Gasteiger partial charge in [0.05, 0.1) is 16.5 Å². The fourth-order valence-electron chi connectivity index (χ4n) is 5.17. The van der Waals surface area contributed by atoms with E-state index >= 15 is 0 Å². The fourth-order valence-corrected chi connectivity index (χ4v) is 5.17. The highest BCUT2D eigenvalue weighted by Crippen LogP contribution is 2.27. The van der Waals surface area contributed by atoms with Crippen LogP contribution in [0.4, 0.5) is 11.4 Å². The first-order chi connectivity index (χ1) is 22.2. The summed E-state index contributed by atoms with van der Waals surface area (Å²) in [7, 11) is 0. The zero-order chi connectivity index (χ0) is 32.8. The van der Waals surface area contributed by atoms with Gasteiger partial charge in [0.25, 0.3) is 11.4 Å². The Morgan fingerprint density at radius 3 is 1.52 bits per heavy atom. The van der Waals surface area contributed by atoms with Crippen LogP contribution in [-0.2, 0) is 17.8 Å². The van der Waals surface area contributed by atoms with Crippen molar-refractivity contribution < 1.29 is 29.3 Å². The van der Waals surface area contributed by atoms with Crippen LogP contribution in [0.3, 0.4) is 0 Å². The minimum Gasteiger partial charge on any atom is -0.477 e. The third-order valence-electron chi connectivity index (χ3n) is 7.26. The molecule has 232 valence electrons. The molecule has 0 saturated carbocycles. The van der Waals surface area contributed by atoms with E-state index in [1.165, 1.54) is 30.3 Å². The van der Waals surface area contributed by atoms with Gasteiger partial charge in [0.2, 0.25) is 0 Å². The number of nitro benzene ring substituents is 2. The zero-order valence-corrected chi connectivity index (χ0v) is 24.6. The molecule has 1 N–H and O–H groups in total. The summed E-state index contributed by atoms with van der Waals surface area (Å²) in [6, 6.07) is 31.2. The molecule has 6 rings (SSSR count). The molecule has 2 aromatic heterocycles. The molecule has 0 saturated heterocycles. The topological polar surface area (TPSA) is 160 Å². The predicted octanol–water partition coefficient (Wildman–Crippen LogP) is 7.07. The Labute approximate surface area is 262 Å². The molecule has 0 amide bonds. The monoisotopic (exact) mass is 620 g/mol. The number of carboxylic acids is 1. The number of non-ortho nitro benzene ring substituents is 2. The van der Waals surface area contributed by atoms with Gasteiger partial charge >= 0.3 is 11.9 Å². The van der Waals surface area contributed by atoms with Crippen LogP contribution < -0.4 is 0 Å². The lowest BCUT2D eigenvalue weighted by Crippen LogP contribution is -2.12. The molecule has 0 bridgehead atoms. The van der Waals surface area contributed by atoms with Gasteiger partial charge in [0, 0.05) is 59.2 Å². The molecule has 0 aliphatic rings. The molecule has 0 radical (unpaired) electrons. The first-order valence-corrected chi connectivity index (χ1v) is 14.2. The van der Waals surface area contributed by atoms with Crippen molar-refractivity contribution >= 4 is 45.1 Å². The average molecular weight is 621 g/mol. The molecule has 2 heterocycles. The van der Waals surface area contributed by atoms with Crippen LogP contribution in [0.25, 0.3) is 21.8 Å². The number of nitrogens with zero attached hydrogens (tertiary/aromatic N) is 4. The lowest BCUT2D eigenvalue weighted by Gasteiger charge is -2.10. The first-order valence-electron chi connectivity index (χ1n) is 14.2. The summed E-state index contributed by atoms with van der Waals surface area (Å²) in [5.41, 5.74) is 3.84. The standard InChI is InChI=1S/C18H16N2O4.C16H12N2O4/c1-2-24-18(21)17-11-14-10-15(20(22)23)8-9-16(14)19(17)12-13-6-4-3-5-7-13;19-16(20)15-9-12-8-13(18(21)22)6-7-14(12)17(15)10-11-4-2-1-3-5-11/h3-11H,2,12H2,1H3;1-9H,10H2,(H,19,20). The second kappa shape index (κ2) is 13.6. The van der Waals surface area contributed by atoms with Crippen molar-refractivity contribution in [2.75, 3.05) is 6.61 Å². The third kappa shape index (κ3) is 6.76. The molecule has 0 fully saturated rings. The number of carbonyl (C=O) groups is 2. The Balaban J connectivity index is 0.000000182. The maximum Gasteiger partial charge on any atom is 0.354 e. The number of benzene rings is 4. The average Bonchev–Trinajstić information content (AvgIpc) is 3.60. The van der Waals surface area contributed by atoms with Gasteiger partial charge in [-0.05, 0) is 42.3 Å². The largest absolute Gasteiger partial charge is 0.477 e. The Bertz CT molecular complexity index is 2070. The highest BCUT2D eigenvalue weighted by atomic mass is 16.6. The molecule has 0 aliphatic heterocycles. The van der Waals surface area contributed by atoms with Crippen molar-refractivity contribution in [1.29, 1.82) is 0 Å². The van der Waals surface area contributed by atoms with Gasteiger partial charge < -0.3 is 19.0 Å². The molecule has 0 atom stereocenters. The van der Waals surface area contributed by atoms with Crippen LogP contribution in [0.1, 0.15) is 39.0 Å². The van der Waals surface area contributed by atoms with E-state index in [-0.39, 0.29) is 23.7 Å². The molecule has 0 spiro atoms. The summed E-state index contributed by atoms with van der Waals surface area (Å²) in [5, 5.41) is 32.4. The van der Waals surface area contributed by atoms with Gasteiger partial charge in [0.15, 0.2) is 0 Å².